The number of anilines is 3. The second kappa shape index (κ2) is 7.68. The maximum atomic E-state index is 13.0. The summed E-state index contributed by atoms with van der Waals surface area (Å²) < 4.78 is 13.0. The third kappa shape index (κ3) is 4.59. The third-order valence-electron chi connectivity index (χ3n) is 3.44. The van der Waals surface area contributed by atoms with Gasteiger partial charge in [0, 0.05) is 12.6 Å². The summed E-state index contributed by atoms with van der Waals surface area (Å²) >= 11 is 12.4. The molecule has 4 nitrogen and oxygen atoms in total. The van der Waals surface area contributed by atoms with E-state index in [-0.39, 0.29) is 5.82 Å². The number of nitrogens with one attached hydrogen (secondary N) is 2. The largest absolute Gasteiger partial charge is 0.366 e. The Bertz CT molecular complexity index is 864. The molecule has 0 radical (unpaired) electrons. The number of benzene rings is 2. The van der Waals surface area contributed by atoms with Gasteiger partial charge in [-0.2, -0.15) is 0 Å². The number of hydrogen-bond acceptors (Lipinski definition) is 4. The predicted octanol–water partition coefficient (Wildman–Crippen LogP) is 5.59. The van der Waals surface area contributed by atoms with Crippen LogP contribution in [0.5, 0.6) is 0 Å². The van der Waals surface area contributed by atoms with Crippen LogP contribution in [0.1, 0.15) is 11.4 Å². The van der Waals surface area contributed by atoms with Gasteiger partial charge in [0.2, 0.25) is 0 Å². The van der Waals surface area contributed by atoms with Crippen LogP contribution >= 0.6 is 23.2 Å². The van der Waals surface area contributed by atoms with E-state index in [0.717, 1.165) is 5.56 Å². The second-order valence-corrected chi connectivity index (χ2v) is 6.20. The van der Waals surface area contributed by atoms with Gasteiger partial charge in [-0.1, -0.05) is 41.4 Å². The molecule has 25 heavy (non-hydrogen) atoms. The van der Waals surface area contributed by atoms with Crippen LogP contribution in [-0.4, -0.2) is 9.97 Å². The highest BCUT2D eigenvalue weighted by molar-refractivity contribution is 6.39. The zero-order valence-electron chi connectivity index (χ0n) is 13.4. The van der Waals surface area contributed by atoms with Gasteiger partial charge in [0.05, 0.1) is 15.7 Å². The summed E-state index contributed by atoms with van der Waals surface area (Å²) in [7, 11) is 0. The molecule has 0 atom stereocenters. The Hall–Kier alpha value is -2.37. The van der Waals surface area contributed by atoms with Gasteiger partial charge in [0.1, 0.15) is 23.3 Å². The SMILES string of the molecule is Cc1nc(NCc2ccc(F)cc2)cc(Nc2c(Cl)cccc2Cl)n1. The lowest BCUT2D eigenvalue weighted by atomic mass is 10.2. The van der Waals surface area contributed by atoms with Crippen LogP contribution in [0.4, 0.5) is 21.7 Å². The molecule has 0 unspecified atom stereocenters. The van der Waals surface area contributed by atoms with Crippen molar-refractivity contribution in [2.45, 2.75) is 13.5 Å². The molecule has 0 bridgehead atoms. The average molecular weight is 377 g/mol. The van der Waals surface area contributed by atoms with Crippen molar-refractivity contribution in [2.24, 2.45) is 0 Å². The van der Waals surface area contributed by atoms with E-state index in [1.54, 1.807) is 43.3 Å². The molecule has 7 heteroatoms. The van der Waals surface area contributed by atoms with Crippen LogP contribution < -0.4 is 10.6 Å². The van der Waals surface area contributed by atoms with E-state index in [4.69, 9.17) is 23.2 Å². The summed E-state index contributed by atoms with van der Waals surface area (Å²) in [5.74, 6) is 1.55. The Morgan fingerprint density at radius 2 is 1.60 bits per heavy atom. The van der Waals surface area contributed by atoms with Crippen molar-refractivity contribution in [1.29, 1.82) is 0 Å². The number of halogens is 3. The quantitative estimate of drug-likeness (QED) is 0.609. The minimum Gasteiger partial charge on any atom is -0.366 e. The number of hydrogen-bond donors (Lipinski definition) is 2. The minimum absolute atomic E-state index is 0.260. The molecule has 0 saturated carbocycles. The summed E-state index contributed by atoms with van der Waals surface area (Å²) in [5.41, 5.74) is 1.54. The minimum atomic E-state index is -0.260. The van der Waals surface area contributed by atoms with Crippen LogP contribution in [0.25, 0.3) is 0 Å². The van der Waals surface area contributed by atoms with Crippen LogP contribution in [0, 0.1) is 12.7 Å². The van der Waals surface area contributed by atoms with Crippen molar-refractivity contribution in [3.05, 3.63) is 75.8 Å². The van der Waals surface area contributed by atoms with E-state index in [2.05, 4.69) is 20.6 Å². The fourth-order valence-corrected chi connectivity index (χ4v) is 2.75. The molecule has 0 fully saturated rings. The highest BCUT2D eigenvalue weighted by Gasteiger charge is 2.08. The van der Waals surface area contributed by atoms with Gasteiger partial charge >= 0.3 is 0 Å². The molecule has 0 spiro atoms. The Morgan fingerprint density at radius 1 is 0.960 bits per heavy atom. The van der Waals surface area contributed by atoms with E-state index in [0.29, 0.717) is 39.7 Å². The third-order valence-corrected chi connectivity index (χ3v) is 4.07. The number of aryl methyl sites for hydroxylation is 1. The Balaban J connectivity index is 1.77. The van der Waals surface area contributed by atoms with Gasteiger partial charge in [-0.3, -0.25) is 0 Å². The molecule has 0 aliphatic carbocycles. The summed E-state index contributed by atoms with van der Waals surface area (Å²) in [6, 6.07) is 13.3. The van der Waals surface area contributed by atoms with Crippen molar-refractivity contribution in [3.8, 4) is 0 Å². The maximum Gasteiger partial charge on any atom is 0.136 e. The average Bonchev–Trinajstić information content (AvgIpc) is 2.57. The summed E-state index contributed by atoms with van der Waals surface area (Å²) in [5, 5.41) is 7.33. The molecule has 1 heterocycles. The van der Waals surface area contributed by atoms with Crippen LogP contribution in [0.2, 0.25) is 10.0 Å². The van der Waals surface area contributed by atoms with Crippen molar-refractivity contribution in [2.75, 3.05) is 10.6 Å². The molecule has 0 aliphatic heterocycles. The maximum absolute atomic E-state index is 13.0. The zero-order chi connectivity index (χ0) is 17.8. The second-order valence-electron chi connectivity index (χ2n) is 5.39. The summed E-state index contributed by atoms with van der Waals surface area (Å²) in [6.07, 6.45) is 0. The molecule has 0 amide bonds. The Morgan fingerprint density at radius 3 is 2.28 bits per heavy atom. The van der Waals surface area contributed by atoms with E-state index < -0.39 is 0 Å². The van der Waals surface area contributed by atoms with Gasteiger partial charge in [-0.05, 0) is 36.8 Å². The highest BCUT2D eigenvalue weighted by Crippen LogP contribution is 2.32. The smallest absolute Gasteiger partial charge is 0.136 e. The Labute approximate surface area is 155 Å². The number of rotatable bonds is 5. The van der Waals surface area contributed by atoms with Crippen LogP contribution in [0.15, 0.2) is 48.5 Å². The van der Waals surface area contributed by atoms with Gasteiger partial charge in [0.15, 0.2) is 0 Å². The number of nitrogens with zero attached hydrogens (tertiary/aromatic N) is 2. The van der Waals surface area contributed by atoms with E-state index >= 15 is 0 Å². The van der Waals surface area contributed by atoms with Crippen molar-refractivity contribution < 1.29 is 4.39 Å². The first-order chi connectivity index (χ1) is 12.0. The zero-order valence-corrected chi connectivity index (χ0v) is 14.9. The summed E-state index contributed by atoms with van der Waals surface area (Å²) in [4.78, 5) is 8.70. The fourth-order valence-electron chi connectivity index (χ4n) is 2.26. The summed E-state index contributed by atoms with van der Waals surface area (Å²) in [6.45, 7) is 2.31. The fraction of sp³-hybridized carbons (Fsp3) is 0.111. The molecule has 128 valence electrons. The molecule has 2 N–H and O–H groups in total. The van der Waals surface area contributed by atoms with Gasteiger partial charge in [-0.25, -0.2) is 14.4 Å². The van der Waals surface area contributed by atoms with Crippen LogP contribution in [-0.2, 0) is 6.54 Å². The molecule has 3 aromatic rings. The standard InChI is InChI=1S/C18H15Cl2FN4/c1-11-23-16(22-10-12-5-7-13(21)8-6-12)9-17(24-11)25-18-14(19)3-2-4-15(18)20/h2-9H,10H2,1H3,(H2,22,23,24,25). The molecular weight excluding hydrogens is 362 g/mol. The Kier molecular flexibility index (Phi) is 5.36. The number of aromatic nitrogens is 2. The van der Waals surface area contributed by atoms with Crippen molar-refractivity contribution in [1.82, 2.24) is 9.97 Å². The van der Waals surface area contributed by atoms with Crippen LogP contribution in [0.3, 0.4) is 0 Å². The normalized spacial score (nSPS) is 10.6. The monoisotopic (exact) mass is 376 g/mol. The van der Waals surface area contributed by atoms with E-state index in [1.165, 1.54) is 12.1 Å². The van der Waals surface area contributed by atoms with Gasteiger partial charge in [-0.15, -0.1) is 0 Å². The van der Waals surface area contributed by atoms with Crippen molar-refractivity contribution >= 4 is 40.5 Å². The highest BCUT2D eigenvalue weighted by atomic mass is 35.5. The molecule has 0 saturated heterocycles. The first-order valence-electron chi connectivity index (χ1n) is 7.56. The van der Waals surface area contributed by atoms with Gasteiger partial charge < -0.3 is 10.6 Å². The molecule has 3 rings (SSSR count). The molecular formula is C18H15Cl2FN4. The van der Waals surface area contributed by atoms with Gasteiger partial charge in [0.25, 0.3) is 0 Å². The van der Waals surface area contributed by atoms with E-state index in [1.807, 2.05) is 0 Å². The first-order valence-corrected chi connectivity index (χ1v) is 8.32. The lowest BCUT2D eigenvalue weighted by Gasteiger charge is -2.12. The molecule has 0 aliphatic rings. The topological polar surface area (TPSA) is 49.8 Å². The van der Waals surface area contributed by atoms with Crippen molar-refractivity contribution in [3.63, 3.8) is 0 Å². The predicted molar refractivity (Wildman–Crippen MR) is 100 cm³/mol. The molecule has 2 aromatic carbocycles. The lowest BCUT2D eigenvalue weighted by molar-refractivity contribution is 0.627. The number of para-hydroxylation sites is 1. The molecule has 1 aromatic heterocycles. The van der Waals surface area contributed by atoms with E-state index in [9.17, 15) is 4.39 Å². The first kappa shape index (κ1) is 17.5. The lowest BCUT2D eigenvalue weighted by Crippen LogP contribution is -2.05.